The normalized spacial score (nSPS) is 21.8. The minimum atomic E-state index is -0.288. The minimum Gasteiger partial charge on any atom is -0.497 e. The fourth-order valence-electron chi connectivity index (χ4n) is 2.82. The van der Waals surface area contributed by atoms with E-state index in [0.717, 1.165) is 24.8 Å². The molecular weight excluding hydrogens is 276 g/mol. The Balaban J connectivity index is 2.11. The smallest absolute Gasteiger partial charge is 0.262 e. The Hall–Kier alpha value is -2.28. The lowest BCUT2D eigenvalue weighted by molar-refractivity contribution is -0.118. The number of nitrogens with one attached hydrogen (secondary N) is 1. The van der Waals surface area contributed by atoms with Gasteiger partial charge in [0.25, 0.3) is 5.91 Å². The van der Waals surface area contributed by atoms with Gasteiger partial charge in [0, 0.05) is 6.04 Å². The van der Waals surface area contributed by atoms with Gasteiger partial charge in [-0.3, -0.25) is 4.79 Å². The average molecular weight is 298 g/mol. The highest BCUT2D eigenvalue weighted by Crippen LogP contribution is 2.24. The predicted molar refractivity (Wildman–Crippen MR) is 86.1 cm³/mol. The summed E-state index contributed by atoms with van der Waals surface area (Å²) in [5, 5.41) is 12.3. The summed E-state index contributed by atoms with van der Waals surface area (Å²) in [5.41, 5.74) is 0.911. The molecule has 0 bridgehead atoms. The number of hydrogen-bond donors (Lipinski definition) is 1. The Labute approximate surface area is 131 Å². The first-order valence-electron chi connectivity index (χ1n) is 7.70. The molecule has 1 amide bonds. The molecule has 0 aromatic heterocycles. The van der Waals surface area contributed by atoms with Crippen molar-refractivity contribution in [1.82, 2.24) is 5.32 Å². The Morgan fingerprint density at radius 2 is 2.18 bits per heavy atom. The van der Waals surface area contributed by atoms with E-state index in [4.69, 9.17) is 4.74 Å². The highest BCUT2D eigenvalue weighted by atomic mass is 16.5. The molecule has 0 spiro atoms. The van der Waals surface area contributed by atoms with Crippen molar-refractivity contribution in [3.05, 3.63) is 35.4 Å². The van der Waals surface area contributed by atoms with Crippen LogP contribution in [0.2, 0.25) is 0 Å². The van der Waals surface area contributed by atoms with E-state index in [1.165, 1.54) is 6.42 Å². The standard InChI is InChI=1S/C18H22N2O2/c1-13-6-3-4-9-17(13)20-18(21)15(12-19)10-14-7-5-8-16(11-14)22-2/h5,7-8,10-11,13,17H,3-4,6,9H2,1-2H3,(H,20,21)/b15-10+/t13-,17-/m0/s1. The minimum absolute atomic E-state index is 0.131. The van der Waals surface area contributed by atoms with Gasteiger partial charge in [-0.25, -0.2) is 0 Å². The first-order valence-corrected chi connectivity index (χ1v) is 7.70. The van der Waals surface area contributed by atoms with Gasteiger partial charge in [-0.15, -0.1) is 0 Å². The van der Waals surface area contributed by atoms with Crippen molar-refractivity contribution in [2.45, 2.75) is 38.6 Å². The van der Waals surface area contributed by atoms with Gasteiger partial charge in [-0.1, -0.05) is 31.9 Å². The highest BCUT2D eigenvalue weighted by molar-refractivity contribution is 6.01. The van der Waals surface area contributed by atoms with E-state index in [9.17, 15) is 10.1 Å². The summed E-state index contributed by atoms with van der Waals surface area (Å²) < 4.78 is 5.15. The second-order valence-electron chi connectivity index (χ2n) is 5.79. The molecule has 1 aromatic rings. The third-order valence-corrected chi connectivity index (χ3v) is 4.20. The average Bonchev–Trinajstić information content (AvgIpc) is 2.54. The predicted octanol–water partition coefficient (Wildman–Crippen LogP) is 3.30. The third kappa shape index (κ3) is 4.11. The van der Waals surface area contributed by atoms with Gasteiger partial charge >= 0.3 is 0 Å². The number of amides is 1. The maximum absolute atomic E-state index is 12.3. The van der Waals surface area contributed by atoms with Gasteiger partial charge in [0.2, 0.25) is 0 Å². The molecule has 2 atom stereocenters. The fourth-order valence-corrected chi connectivity index (χ4v) is 2.82. The van der Waals surface area contributed by atoms with Crippen LogP contribution in [0.4, 0.5) is 0 Å². The van der Waals surface area contributed by atoms with Crippen LogP contribution in [0.25, 0.3) is 6.08 Å². The van der Waals surface area contributed by atoms with Crippen molar-refractivity contribution >= 4 is 12.0 Å². The summed E-state index contributed by atoms with van der Waals surface area (Å²) in [6.07, 6.45) is 6.08. The number of methoxy groups -OCH3 is 1. The van der Waals surface area contributed by atoms with Crippen LogP contribution in [0, 0.1) is 17.2 Å². The zero-order chi connectivity index (χ0) is 15.9. The third-order valence-electron chi connectivity index (χ3n) is 4.20. The number of hydrogen-bond acceptors (Lipinski definition) is 3. The van der Waals surface area contributed by atoms with Crippen molar-refractivity contribution < 1.29 is 9.53 Å². The summed E-state index contributed by atoms with van der Waals surface area (Å²) in [7, 11) is 1.59. The van der Waals surface area contributed by atoms with E-state index in [2.05, 4.69) is 12.2 Å². The molecular formula is C18H22N2O2. The summed E-state index contributed by atoms with van der Waals surface area (Å²) in [5.74, 6) is 0.880. The van der Waals surface area contributed by atoms with Crippen molar-refractivity contribution in [3.8, 4) is 11.8 Å². The zero-order valence-corrected chi connectivity index (χ0v) is 13.1. The van der Waals surface area contributed by atoms with Gasteiger partial charge < -0.3 is 10.1 Å². The summed E-state index contributed by atoms with van der Waals surface area (Å²) in [4.78, 5) is 12.3. The van der Waals surface area contributed by atoms with E-state index in [-0.39, 0.29) is 17.5 Å². The van der Waals surface area contributed by atoms with Crippen LogP contribution >= 0.6 is 0 Å². The monoisotopic (exact) mass is 298 g/mol. The van der Waals surface area contributed by atoms with Crippen molar-refractivity contribution in [2.75, 3.05) is 7.11 Å². The number of ether oxygens (including phenoxy) is 1. The van der Waals surface area contributed by atoms with Crippen LogP contribution in [0.15, 0.2) is 29.8 Å². The molecule has 2 rings (SSSR count). The number of benzene rings is 1. The molecule has 0 heterocycles. The summed E-state index contributed by atoms with van der Waals surface area (Å²) in [6.45, 7) is 2.15. The van der Waals surface area contributed by atoms with Crippen LogP contribution in [-0.2, 0) is 4.79 Å². The largest absolute Gasteiger partial charge is 0.497 e. The van der Waals surface area contributed by atoms with E-state index >= 15 is 0 Å². The lowest BCUT2D eigenvalue weighted by Gasteiger charge is -2.29. The molecule has 1 aromatic carbocycles. The number of nitrogens with zero attached hydrogens (tertiary/aromatic N) is 1. The molecule has 22 heavy (non-hydrogen) atoms. The SMILES string of the molecule is COc1cccc(/C=C(\C#N)C(=O)N[C@H]2CCCC[C@@H]2C)c1. The molecule has 0 radical (unpaired) electrons. The van der Waals surface area contributed by atoms with Crippen LogP contribution in [0.3, 0.4) is 0 Å². The topological polar surface area (TPSA) is 62.1 Å². The van der Waals surface area contributed by atoms with Crippen LogP contribution in [0.1, 0.15) is 38.2 Å². The summed E-state index contributed by atoms with van der Waals surface area (Å²) >= 11 is 0. The number of rotatable bonds is 4. The van der Waals surface area contributed by atoms with Crippen molar-refractivity contribution in [2.24, 2.45) is 5.92 Å². The number of carbonyl (C=O) groups excluding carboxylic acids is 1. The van der Waals surface area contributed by atoms with Gasteiger partial charge in [0.1, 0.15) is 17.4 Å². The van der Waals surface area contributed by atoms with Crippen molar-refractivity contribution in [1.29, 1.82) is 5.26 Å². The Morgan fingerprint density at radius 1 is 1.41 bits per heavy atom. The first kappa shape index (κ1) is 16.1. The quantitative estimate of drug-likeness (QED) is 0.685. The molecule has 0 saturated heterocycles. The number of carbonyl (C=O) groups is 1. The summed E-state index contributed by atoms with van der Waals surface area (Å²) in [6, 6.07) is 9.47. The molecule has 4 nitrogen and oxygen atoms in total. The Bertz CT molecular complexity index is 601. The molecule has 4 heteroatoms. The van der Waals surface area contributed by atoms with E-state index < -0.39 is 0 Å². The molecule has 1 aliphatic rings. The van der Waals surface area contributed by atoms with E-state index in [1.807, 2.05) is 24.3 Å². The van der Waals surface area contributed by atoms with Crippen molar-refractivity contribution in [3.63, 3.8) is 0 Å². The van der Waals surface area contributed by atoms with Gasteiger partial charge in [0.05, 0.1) is 7.11 Å². The molecule has 116 valence electrons. The highest BCUT2D eigenvalue weighted by Gasteiger charge is 2.23. The van der Waals surface area contributed by atoms with E-state index in [0.29, 0.717) is 11.7 Å². The molecule has 1 N–H and O–H groups in total. The Kier molecular flexibility index (Phi) is 5.60. The van der Waals surface area contributed by atoms with Gasteiger partial charge in [-0.05, 0) is 42.5 Å². The van der Waals surface area contributed by atoms with Crippen LogP contribution in [0.5, 0.6) is 5.75 Å². The fraction of sp³-hybridized carbons (Fsp3) is 0.444. The maximum atomic E-state index is 12.3. The lowest BCUT2D eigenvalue weighted by atomic mass is 9.86. The van der Waals surface area contributed by atoms with Gasteiger partial charge in [0.15, 0.2) is 0 Å². The molecule has 1 saturated carbocycles. The first-order chi connectivity index (χ1) is 10.6. The maximum Gasteiger partial charge on any atom is 0.262 e. The second kappa shape index (κ2) is 7.65. The molecule has 1 fully saturated rings. The van der Waals surface area contributed by atoms with Crippen LogP contribution < -0.4 is 10.1 Å². The molecule has 0 aliphatic heterocycles. The number of nitriles is 1. The second-order valence-corrected chi connectivity index (χ2v) is 5.79. The zero-order valence-electron chi connectivity index (χ0n) is 13.1. The van der Waals surface area contributed by atoms with Gasteiger partial charge in [-0.2, -0.15) is 5.26 Å². The molecule has 0 unspecified atom stereocenters. The van der Waals surface area contributed by atoms with E-state index in [1.54, 1.807) is 19.3 Å². The van der Waals surface area contributed by atoms with Crippen LogP contribution in [-0.4, -0.2) is 19.1 Å². The molecule has 1 aliphatic carbocycles. The Morgan fingerprint density at radius 3 is 2.86 bits per heavy atom. The lowest BCUT2D eigenvalue weighted by Crippen LogP contribution is -2.41.